The first-order valence-electron chi connectivity index (χ1n) is 9.00. The first-order valence-corrected chi connectivity index (χ1v) is 9.00. The zero-order chi connectivity index (χ0) is 20.0. The first-order chi connectivity index (χ1) is 14.1. The van der Waals surface area contributed by atoms with Crippen molar-refractivity contribution in [1.29, 1.82) is 0 Å². The predicted octanol–water partition coefficient (Wildman–Crippen LogP) is 1.97. The second kappa shape index (κ2) is 6.60. The highest BCUT2D eigenvalue weighted by Gasteiger charge is 2.20. The van der Waals surface area contributed by atoms with Crippen LogP contribution in [0.2, 0.25) is 0 Å². The number of aromatic amines is 1. The van der Waals surface area contributed by atoms with Crippen molar-refractivity contribution in [2.24, 2.45) is 0 Å². The number of nitro benzene ring substituents is 1. The minimum atomic E-state index is -0.408. The van der Waals surface area contributed by atoms with E-state index in [0.29, 0.717) is 18.7 Å². The summed E-state index contributed by atoms with van der Waals surface area (Å²) >= 11 is 0. The second-order valence-electron chi connectivity index (χ2n) is 6.90. The number of hydrogen-bond donors (Lipinski definition) is 3. The van der Waals surface area contributed by atoms with Gasteiger partial charge in [0.15, 0.2) is 0 Å². The number of aliphatic hydroxyl groups is 1. The average molecular weight is 391 g/mol. The summed E-state index contributed by atoms with van der Waals surface area (Å²) in [5, 5.41) is 31.5. The number of nitrogens with zero attached hydrogens (tertiary/aromatic N) is 5. The Morgan fingerprint density at radius 3 is 3.00 bits per heavy atom. The van der Waals surface area contributed by atoms with Crippen LogP contribution in [0.3, 0.4) is 0 Å². The fourth-order valence-electron chi connectivity index (χ4n) is 3.56. The molecule has 0 spiro atoms. The molecule has 0 fully saturated rings. The number of imidazole rings is 1. The van der Waals surface area contributed by atoms with Crippen molar-refractivity contribution in [1.82, 2.24) is 29.8 Å². The van der Waals surface area contributed by atoms with E-state index in [-0.39, 0.29) is 12.3 Å². The van der Waals surface area contributed by atoms with E-state index >= 15 is 0 Å². The summed E-state index contributed by atoms with van der Waals surface area (Å²) in [6, 6.07) is 6.76. The number of non-ortho nitro benzene ring substituents is 1. The molecule has 4 heterocycles. The average Bonchev–Trinajstić information content (AvgIpc) is 3.45. The molecule has 1 aliphatic rings. The van der Waals surface area contributed by atoms with Crippen LogP contribution >= 0.6 is 0 Å². The summed E-state index contributed by atoms with van der Waals surface area (Å²) in [5.74, 6) is 0. The Balaban J connectivity index is 1.44. The molecule has 1 aromatic carbocycles. The van der Waals surface area contributed by atoms with Crippen molar-refractivity contribution >= 4 is 27.9 Å². The van der Waals surface area contributed by atoms with Gasteiger partial charge in [-0.25, -0.2) is 4.98 Å². The van der Waals surface area contributed by atoms with Gasteiger partial charge in [0.05, 0.1) is 47.8 Å². The van der Waals surface area contributed by atoms with Crippen LogP contribution in [0.25, 0.3) is 22.2 Å². The third-order valence-corrected chi connectivity index (χ3v) is 4.94. The molecule has 0 bridgehead atoms. The van der Waals surface area contributed by atoms with Gasteiger partial charge in [-0.2, -0.15) is 5.10 Å². The molecule has 5 rings (SSSR count). The Labute approximate surface area is 164 Å². The zero-order valence-electron chi connectivity index (χ0n) is 15.2. The van der Waals surface area contributed by atoms with E-state index in [1.54, 1.807) is 12.3 Å². The van der Waals surface area contributed by atoms with Crippen molar-refractivity contribution in [2.75, 3.05) is 6.67 Å². The molecule has 0 unspecified atom stereocenters. The largest absolute Gasteiger partial charge is 0.392 e. The van der Waals surface area contributed by atoms with Crippen LogP contribution in [0.1, 0.15) is 16.8 Å². The lowest BCUT2D eigenvalue weighted by molar-refractivity contribution is -0.384. The summed E-state index contributed by atoms with van der Waals surface area (Å²) < 4.78 is 1.89. The van der Waals surface area contributed by atoms with Crippen LogP contribution < -0.4 is 5.32 Å². The number of H-pyrrole nitrogens is 1. The predicted molar refractivity (Wildman–Crippen MR) is 105 cm³/mol. The topological polar surface area (TPSA) is 125 Å². The summed E-state index contributed by atoms with van der Waals surface area (Å²) in [4.78, 5) is 17.5. The van der Waals surface area contributed by atoms with Gasteiger partial charge >= 0.3 is 0 Å². The standard InChI is InChI=1S/C19H17N7O3/c27-10-12-1-2-19-22-13(8-25(19)6-12)7-24-9-18(20-11-24)15-3-14(26(28)29)4-17-16(15)5-21-23-17/h1-6,8-9,20,27H,7,10-11H2,(H,21,23). The van der Waals surface area contributed by atoms with E-state index in [0.717, 1.165) is 33.6 Å². The fourth-order valence-corrected chi connectivity index (χ4v) is 3.56. The normalized spacial score (nSPS) is 13.8. The van der Waals surface area contributed by atoms with Crippen molar-refractivity contribution in [3.05, 3.63) is 76.0 Å². The lowest BCUT2D eigenvalue weighted by atomic mass is 10.1. The van der Waals surface area contributed by atoms with E-state index in [1.807, 2.05) is 35.1 Å². The molecule has 0 amide bonds. The molecule has 0 radical (unpaired) electrons. The summed E-state index contributed by atoms with van der Waals surface area (Å²) in [7, 11) is 0. The van der Waals surface area contributed by atoms with Crippen molar-refractivity contribution in [3.63, 3.8) is 0 Å². The minimum absolute atomic E-state index is 0.0120. The smallest absolute Gasteiger partial charge is 0.272 e. The van der Waals surface area contributed by atoms with Gasteiger partial charge in [0.1, 0.15) is 5.65 Å². The number of aromatic nitrogens is 4. The van der Waals surface area contributed by atoms with Gasteiger partial charge in [0.2, 0.25) is 0 Å². The third-order valence-electron chi connectivity index (χ3n) is 4.94. The van der Waals surface area contributed by atoms with Gasteiger partial charge in [-0.1, -0.05) is 6.07 Å². The quantitative estimate of drug-likeness (QED) is 0.351. The van der Waals surface area contributed by atoms with Crippen LogP contribution in [0.15, 0.2) is 49.1 Å². The molecule has 0 atom stereocenters. The highest BCUT2D eigenvalue weighted by atomic mass is 16.6. The highest BCUT2D eigenvalue weighted by Crippen LogP contribution is 2.30. The minimum Gasteiger partial charge on any atom is -0.392 e. The van der Waals surface area contributed by atoms with Crippen LogP contribution in [0.4, 0.5) is 5.69 Å². The number of nitrogens with one attached hydrogen (secondary N) is 2. The molecule has 3 aromatic heterocycles. The molecular formula is C19H17N7O3. The molecule has 10 heteroatoms. The third kappa shape index (κ3) is 3.05. The molecular weight excluding hydrogens is 374 g/mol. The second-order valence-corrected chi connectivity index (χ2v) is 6.90. The van der Waals surface area contributed by atoms with Crippen molar-refractivity contribution in [2.45, 2.75) is 13.2 Å². The van der Waals surface area contributed by atoms with Crippen LogP contribution in [-0.4, -0.2) is 41.2 Å². The van der Waals surface area contributed by atoms with E-state index < -0.39 is 4.92 Å². The molecule has 146 valence electrons. The first kappa shape index (κ1) is 17.2. The zero-order valence-corrected chi connectivity index (χ0v) is 15.2. The van der Waals surface area contributed by atoms with Crippen LogP contribution in [-0.2, 0) is 13.2 Å². The SMILES string of the molecule is O=[N+]([O-])c1cc(C2=CN(Cc3cn4cc(CO)ccc4n3)CN2)c2cn[nH]c2c1. The summed E-state index contributed by atoms with van der Waals surface area (Å²) in [6.45, 7) is 1.13. The Hall–Kier alpha value is -3.92. The molecule has 3 N–H and O–H groups in total. The number of fused-ring (bicyclic) bond motifs is 2. The Bertz CT molecular complexity index is 1270. The molecule has 10 nitrogen and oxygen atoms in total. The molecule has 0 aliphatic carbocycles. The maximum atomic E-state index is 11.3. The molecule has 0 saturated carbocycles. The fraction of sp³-hybridized carbons (Fsp3) is 0.158. The number of aliphatic hydroxyl groups excluding tert-OH is 1. The van der Waals surface area contributed by atoms with E-state index in [9.17, 15) is 15.2 Å². The maximum Gasteiger partial charge on any atom is 0.272 e. The number of benzene rings is 1. The number of hydrogen-bond acceptors (Lipinski definition) is 7. The van der Waals surface area contributed by atoms with Gasteiger partial charge in [0.25, 0.3) is 5.69 Å². The number of rotatable bonds is 5. The lowest BCUT2D eigenvalue weighted by Gasteiger charge is -2.11. The van der Waals surface area contributed by atoms with Crippen molar-refractivity contribution < 1.29 is 10.0 Å². The molecule has 4 aromatic rings. The van der Waals surface area contributed by atoms with Crippen LogP contribution in [0.5, 0.6) is 0 Å². The Morgan fingerprint density at radius 2 is 2.17 bits per heavy atom. The summed E-state index contributed by atoms with van der Waals surface area (Å²) in [6.07, 6.45) is 7.39. The van der Waals surface area contributed by atoms with E-state index in [1.165, 1.54) is 6.07 Å². The lowest BCUT2D eigenvalue weighted by Crippen LogP contribution is -2.21. The Kier molecular flexibility index (Phi) is 3.91. The number of nitro groups is 1. The molecule has 0 saturated heterocycles. The summed E-state index contributed by atoms with van der Waals surface area (Å²) in [5.41, 5.74) is 4.67. The van der Waals surface area contributed by atoms with Gasteiger partial charge < -0.3 is 19.7 Å². The van der Waals surface area contributed by atoms with Crippen molar-refractivity contribution in [3.8, 4) is 0 Å². The molecule has 29 heavy (non-hydrogen) atoms. The Morgan fingerprint density at radius 1 is 1.28 bits per heavy atom. The van der Waals surface area contributed by atoms with Gasteiger partial charge in [-0.05, 0) is 11.6 Å². The van der Waals surface area contributed by atoms with Gasteiger partial charge in [-0.15, -0.1) is 0 Å². The van der Waals surface area contributed by atoms with E-state index in [2.05, 4.69) is 25.4 Å². The monoisotopic (exact) mass is 391 g/mol. The molecule has 1 aliphatic heterocycles. The number of pyridine rings is 1. The highest BCUT2D eigenvalue weighted by molar-refractivity contribution is 5.93. The maximum absolute atomic E-state index is 11.3. The van der Waals surface area contributed by atoms with E-state index in [4.69, 9.17) is 0 Å². The van der Waals surface area contributed by atoms with Gasteiger partial charge in [0, 0.05) is 41.7 Å². The van der Waals surface area contributed by atoms with Gasteiger partial charge in [-0.3, -0.25) is 15.2 Å². The van der Waals surface area contributed by atoms with Crippen LogP contribution in [0, 0.1) is 10.1 Å².